The molecule has 4 nitrogen and oxygen atoms in total. The van der Waals surface area contributed by atoms with Gasteiger partial charge in [-0.3, -0.25) is 0 Å². The first kappa shape index (κ1) is 11.5. The lowest BCUT2D eigenvalue weighted by molar-refractivity contribution is 0.513. The smallest absolute Gasteiger partial charge is 0.132 e. The number of hydrogen-bond donors (Lipinski definition) is 1. The van der Waals surface area contributed by atoms with Crippen LogP contribution >= 0.6 is 11.6 Å². The van der Waals surface area contributed by atoms with Gasteiger partial charge >= 0.3 is 0 Å². The van der Waals surface area contributed by atoms with Crippen molar-refractivity contribution in [3.63, 3.8) is 0 Å². The minimum Gasteiger partial charge on any atom is -0.469 e. The summed E-state index contributed by atoms with van der Waals surface area (Å²) in [4.78, 5) is 4.07. The highest BCUT2D eigenvalue weighted by atomic mass is 35.5. The Balaban J connectivity index is 1.95. The predicted octanol–water partition coefficient (Wildman–Crippen LogP) is 2.85. The maximum Gasteiger partial charge on any atom is 0.132 e. The van der Waals surface area contributed by atoms with Gasteiger partial charge in [0, 0.05) is 13.0 Å². The average Bonchev–Trinajstić information content (AvgIpc) is 2.81. The van der Waals surface area contributed by atoms with E-state index in [2.05, 4.69) is 10.3 Å². The molecule has 2 aromatic rings. The fraction of sp³-hybridized carbons (Fsp3) is 0.167. The van der Waals surface area contributed by atoms with Crippen molar-refractivity contribution in [1.82, 2.24) is 4.98 Å². The van der Waals surface area contributed by atoms with E-state index in [1.165, 1.54) is 6.07 Å². The lowest BCUT2D eigenvalue weighted by atomic mass is 10.3. The van der Waals surface area contributed by atoms with Crippen LogP contribution in [0.25, 0.3) is 0 Å². The molecule has 0 aliphatic rings. The van der Waals surface area contributed by atoms with Crippen molar-refractivity contribution >= 4 is 17.4 Å². The number of anilines is 1. The zero-order chi connectivity index (χ0) is 12.1. The molecule has 0 bridgehead atoms. The van der Waals surface area contributed by atoms with Crippen molar-refractivity contribution in [2.75, 3.05) is 11.9 Å². The zero-order valence-corrected chi connectivity index (χ0v) is 9.74. The third kappa shape index (κ3) is 3.23. The third-order valence-electron chi connectivity index (χ3n) is 2.18. The Morgan fingerprint density at radius 3 is 3.06 bits per heavy atom. The molecule has 0 atom stereocenters. The summed E-state index contributed by atoms with van der Waals surface area (Å²) in [7, 11) is 0. The Labute approximate surface area is 104 Å². The van der Waals surface area contributed by atoms with Crippen LogP contribution in [0, 0.1) is 11.3 Å². The van der Waals surface area contributed by atoms with E-state index in [9.17, 15) is 0 Å². The van der Waals surface area contributed by atoms with Crippen LogP contribution in [-0.2, 0) is 6.42 Å². The first-order valence-corrected chi connectivity index (χ1v) is 5.49. The van der Waals surface area contributed by atoms with E-state index >= 15 is 0 Å². The van der Waals surface area contributed by atoms with Crippen molar-refractivity contribution in [2.24, 2.45) is 0 Å². The number of nitrogens with zero attached hydrogens (tertiary/aromatic N) is 2. The van der Waals surface area contributed by atoms with Gasteiger partial charge in [0.1, 0.15) is 16.7 Å². The van der Waals surface area contributed by atoms with Gasteiger partial charge in [0.05, 0.1) is 17.9 Å². The van der Waals surface area contributed by atoms with Gasteiger partial charge < -0.3 is 9.73 Å². The zero-order valence-electron chi connectivity index (χ0n) is 8.98. The van der Waals surface area contributed by atoms with Crippen LogP contribution in [0.5, 0.6) is 0 Å². The van der Waals surface area contributed by atoms with Crippen molar-refractivity contribution in [2.45, 2.75) is 6.42 Å². The Morgan fingerprint density at radius 1 is 1.47 bits per heavy atom. The molecule has 2 aromatic heterocycles. The molecule has 86 valence electrons. The summed E-state index contributed by atoms with van der Waals surface area (Å²) >= 11 is 5.79. The fourth-order valence-electron chi connectivity index (χ4n) is 1.42. The van der Waals surface area contributed by atoms with Crippen LogP contribution in [0.3, 0.4) is 0 Å². The van der Waals surface area contributed by atoms with E-state index in [1.54, 1.807) is 12.3 Å². The molecule has 0 aliphatic carbocycles. The quantitative estimate of drug-likeness (QED) is 0.844. The second-order valence-electron chi connectivity index (χ2n) is 3.43. The highest BCUT2D eigenvalue weighted by molar-refractivity contribution is 6.29. The summed E-state index contributed by atoms with van der Waals surface area (Å²) < 4.78 is 5.20. The molecule has 0 aromatic carbocycles. The van der Waals surface area contributed by atoms with E-state index in [-0.39, 0.29) is 0 Å². The molecule has 0 spiro atoms. The molecule has 0 amide bonds. The third-order valence-corrected chi connectivity index (χ3v) is 2.37. The van der Waals surface area contributed by atoms with Crippen LogP contribution < -0.4 is 5.32 Å². The second kappa shape index (κ2) is 5.37. The van der Waals surface area contributed by atoms with Crippen LogP contribution in [0.4, 0.5) is 5.82 Å². The van der Waals surface area contributed by atoms with Crippen LogP contribution in [-0.4, -0.2) is 11.5 Å². The van der Waals surface area contributed by atoms with Gasteiger partial charge in [-0.25, -0.2) is 4.98 Å². The van der Waals surface area contributed by atoms with Gasteiger partial charge in [-0.05, 0) is 24.3 Å². The Kier molecular flexibility index (Phi) is 3.63. The molecule has 2 rings (SSSR count). The van der Waals surface area contributed by atoms with Crippen LogP contribution in [0.2, 0.25) is 5.15 Å². The standard InChI is InChI=1S/C12H10ClN3O/c13-11-6-9(8-14)7-12(16-11)15-4-3-10-2-1-5-17-10/h1-2,5-7H,3-4H2,(H,15,16). The summed E-state index contributed by atoms with van der Waals surface area (Å²) in [5, 5.41) is 12.2. The van der Waals surface area contributed by atoms with E-state index < -0.39 is 0 Å². The number of furan rings is 1. The van der Waals surface area contributed by atoms with E-state index in [1.807, 2.05) is 18.2 Å². The Hall–Kier alpha value is -1.99. The van der Waals surface area contributed by atoms with E-state index in [4.69, 9.17) is 21.3 Å². The van der Waals surface area contributed by atoms with Crippen molar-refractivity contribution in [3.05, 3.63) is 47.0 Å². The number of nitriles is 1. The Morgan fingerprint density at radius 2 is 2.35 bits per heavy atom. The largest absolute Gasteiger partial charge is 0.469 e. The minimum atomic E-state index is 0.310. The van der Waals surface area contributed by atoms with Gasteiger partial charge in [0.25, 0.3) is 0 Å². The maximum absolute atomic E-state index is 8.78. The Bertz CT molecular complexity index is 531. The van der Waals surface area contributed by atoms with Gasteiger partial charge in [0.2, 0.25) is 0 Å². The van der Waals surface area contributed by atoms with E-state index in [0.29, 0.717) is 23.1 Å². The normalized spacial score (nSPS) is 9.88. The lowest BCUT2D eigenvalue weighted by Crippen LogP contribution is -2.06. The molecule has 0 radical (unpaired) electrons. The van der Waals surface area contributed by atoms with Crippen LogP contribution in [0.1, 0.15) is 11.3 Å². The molecule has 0 unspecified atom stereocenters. The topological polar surface area (TPSA) is 61.9 Å². The minimum absolute atomic E-state index is 0.310. The first-order chi connectivity index (χ1) is 8.28. The number of nitrogens with one attached hydrogen (secondary N) is 1. The predicted molar refractivity (Wildman–Crippen MR) is 64.9 cm³/mol. The highest BCUT2D eigenvalue weighted by Crippen LogP contribution is 2.13. The molecule has 5 heteroatoms. The molecule has 0 aliphatic heterocycles. The molecule has 17 heavy (non-hydrogen) atoms. The van der Waals surface area contributed by atoms with E-state index in [0.717, 1.165) is 12.2 Å². The maximum atomic E-state index is 8.78. The molecule has 0 saturated carbocycles. The molecular weight excluding hydrogens is 238 g/mol. The van der Waals surface area contributed by atoms with Crippen LogP contribution in [0.15, 0.2) is 34.9 Å². The number of pyridine rings is 1. The van der Waals surface area contributed by atoms with Gasteiger partial charge in [0.15, 0.2) is 0 Å². The van der Waals surface area contributed by atoms with Crippen molar-refractivity contribution in [1.29, 1.82) is 5.26 Å². The average molecular weight is 248 g/mol. The first-order valence-electron chi connectivity index (χ1n) is 5.12. The molecule has 1 N–H and O–H groups in total. The number of halogens is 1. The van der Waals surface area contributed by atoms with Gasteiger partial charge in [-0.15, -0.1) is 0 Å². The number of aromatic nitrogens is 1. The van der Waals surface area contributed by atoms with Gasteiger partial charge in [-0.1, -0.05) is 11.6 Å². The summed E-state index contributed by atoms with van der Waals surface area (Å²) in [6, 6.07) is 8.98. The SMILES string of the molecule is N#Cc1cc(Cl)nc(NCCc2ccco2)c1. The second-order valence-corrected chi connectivity index (χ2v) is 3.82. The molecular formula is C12H10ClN3O. The molecule has 0 saturated heterocycles. The summed E-state index contributed by atoms with van der Waals surface area (Å²) in [6.45, 7) is 0.672. The van der Waals surface area contributed by atoms with Gasteiger partial charge in [-0.2, -0.15) is 5.26 Å². The summed E-state index contributed by atoms with van der Waals surface area (Å²) in [6.07, 6.45) is 2.39. The fourth-order valence-corrected chi connectivity index (χ4v) is 1.63. The summed E-state index contributed by atoms with van der Waals surface area (Å²) in [5.74, 6) is 1.50. The molecule has 0 fully saturated rings. The monoisotopic (exact) mass is 247 g/mol. The number of hydrogen-bond acceptors (Lipinski definition) is 4. The molecule has 2 heterocycles. The van der Waals surface area contributed by atoms with Crippen molar-refractivity contribution in [3.8, 4) is 6.07 Å². The lowest BCUT2D eigenvalue weighted by Gasteiger charge is -2.04. The summed E-state index contributed by atoms with van der Waals surface area (Å²) in [5.41, 5.74) is 0.491. The number of rotatable bonds is 4. The van der Waals surface area contributed by atoms with Crippen molar-refractivity contribution < 1.29 is 4.42 Å². The highest BCUT2D eigenvalue weighted by Gasteiger charge is 2.01.